The third-order valence-electron chi connectivity index (χ3n) is 5.72. The lowest BCUT2D eigenvalue weighted by molar-refractivity contribution is 0.132. The summed E-state index contributed by atoms with van der Waals surface area (Å²) in [6.07, 6.45) is 9.86. The largest absolute Gasteiger partial charge is 0.330 e. The second kappa shape index (κ2) is 7.42. The Bertz CT molecular complexity index is 424. The molecule has 0 aromatic heterocycles. The minimum atomic E-state index is -3.03. The summed E-state index contributed by atoms with van der Waals surface area (Å²) >= 11 is 0. The molecule has 0 bridgehead atoms. The fourth-order valence-corrected chi connectivity index (χ4v) is 5.28. The van der Waals surface area contributed by atoms with Crippen molar-refractivity contribution in [2.45, 2.75) is 51.9 Å². The first-order valence-corrected chi connectivity index (χ1v) is 10.4. The fraction of sp³-hybridized carbons (Fsp3) is 1.00. The topological polar surface area (TPSA) is 63.4 Å². The fourth-order valence-electron chi connectivity index (χ4n) is 4.34. The first-order valence-electron chi connectivity index (χ1n) is 8.59. The van der Waals surface area contributed by atoms with Gasteiger partial charge in [-0.3, -0.25) is 0 Å². The molecule has 2 rings (SSSR count). The Hall–Kier alpha value is -0.130. The summed E-state index contributed by atoms with van der Waals surface area (Å²) in [6, 6.07) is 0. The lowest BCUT2D eigenvalue weighted by Gasteiger charge is -2.39. The molecule has 5 heteroatoms. The number of hydrogen-bond donors (Lipinski definition) is 1. The van der Waals surface area contributed by atoms with Crippen LogP contribution in [0.4, 0.5) is 0 Å². The van der Waals surface area contributed by atoms with Crippen LogP contribution in [0.2, 0.25) is 0 Å². The zero-order chi connectivity index (χ0) is 15.5. The van der Waals surface area contributed by atoms with E-state index < -0.39 is 10.0 Å². The van der Waals surface area contributed by atoms with Crippen LogP contribution in [0.1, 0.15) is 51.9 Å². The van der Waals surface area contributed by atoms with Crippen LogP contribution >= 0.6 is 0 Å². The quantitative estimate of drug-likeness (QED) is 0.847. The van der Waals surface area contributed by atoms with Gasteiger partial charge >= 0.3 is 0 Å². The summed E-state index contributed by atoms with van der Waals surface area (Å²) in [7, 11) is -3.03. The van der Waals surface area contributed by atoms with Crippen molar-refractivity contribution in [2.75, 3.05) is 25.9 Å². The molecule has 1 aliphatic heterocycles. The van der Waals surface area contributed by atoms with E-state index >= 15 is 0 Å². The number of nitrogens with two attached hydrogens (primary N) is 1. The number of hydrogen-bond acceptors (Lipinski definition) is 3. The average Bonchev–Trinajstić information content (AvgIpc) is 2.46. The van der Waals surface area contributed by atoms with Crippen LogP contribution in [-0.2, 0) is 10.0 Å². The Kier molecular flexibility index (Phi) is 6.09. The molecule has 1 saturated carbocycles. The minimum Gasteiger partial charge on any atom is -0.330 e. The van der Waals surface area contributed by atoms with Crippen molar-refractivity contribution in [3.63, 3.8) is 0 Å². The van der Waals surface area contributed by atoms with Crippen LogP contribution in [-0.4, -0.2) is 38.6 Å². The van der Waals surface area contributed by atoms with Gasteiger partial charge in [-0.2, -0.15) is 0 Å². The zero-order valence-corrected chi connectivity index (χ0v) is 14.4. The maximum Gasteiger partial charge on any atom is 0.211 e. The Balaban J connectivity index is 1.95. The Morgan fingerprint density at radius 3 is 2.52 bits per heavy atom. The number of piperidine rings is 1. The molecular formula is C16H32N2O2S. The van der Waals surface area contributed by atoms with Gasteiger partial charge in [0, 0.05) is 13.1 Å². The monoisotopic (exact) mass is 316 g/mol. The molecule has 0 spiro atoms. The van der Waals surface area contributed by atoms with Crippen LogP contribution in [0.15, 0.2) is 0 Å². The van der Waals surface area contributed by atoms with Crippen LogP contribution < -0.4 is 5.73 Å². The van der Waals surface area contributed by atoms with Gasteiger partial charge in [0.25, 0.3) is 0 Å². The van der Waals surface area contributed by atoms with E-state index in [4.69, 9.17) is 5.73 Å². The molecular weight excluding hydrogens is 284 g/mol. The van der Waals surface area contributed by atoms with E-state index in [1.165, 1.54) is 44.8 Å². The van der Waals surface area contributed by atoms with Gasteiger partial charge in [0.15, 0.2) is 0 Å². The summed E-state index contributed by atoms with van der Waals surface area (Å²) in [5, 5.41) is 0. The first kappa shape index (κ1) is 17.2. The number of nitrogens with zero attached hydrogens (tertiary/aromatic N) is 1. The molecule has 4 nitrogen and oxygen atoms in total. The summed E-state index contributed by atoms with van der Waals surface area (Å²) in [6.45, 7) is 4.52. The molecule has 4 unspecified atom stereocenters. The second-order valence-electron chi connectivity index (χ2n) is 7.21. The lowest BCUT2D eigenvalue weighted by Crippen LogP contribution is -2.41. The van der Waals surface area contributed by atoms with Gasteiger partial charge in [0.05, 0.1) is 6.26 Å². The highest BCUT2D eigenvalue weighted by atomic mass is 32.2. The van der Waals surface area contributed by atoms with E-state index in [1.807, 2.05) is 0 Å². The van der Waals surface area contributed by atoms with E-state index in [0.717, 1.165) is 25.4 Å². The summed E-state index contributed by atoms with van der Waals surface area (Å²) in [4.78, 5) is 0. The van der Waals surface area contributed by atoms with Gasteiger partial charge in [-0.15, -0.1) is 0 Å². The first-order chi connectivity index (χ1) is 9.94. The minimum absolute atomic E-state index is 0.531. The average molecular weight is 317 g/mol. The maximum absolute atomic E-state index is 11.7. The molecule has 4 atom stereocenters. The molecule has 0 amide bonds. The van der Waals surface area contributed by atoms with Crippen molar-refractivity contribution in [3.05, 3.63) is 0 Å². The SMILES string of the molecule is CCC1CCC(CN)C(CC2CCCN(S(C)(=O)=O)C2)C1. The van der Waals surface area contributed by atoms with Crippen molar-refractivity contribution < 1.29 is 8.42 Å². The van der Waals surface area contributed by atoms with E-state index in [0.29, 0.717) is 24.3 Å². The van der Waals surface area contributed by atoms with Crippen molar-refractivity contribution in [1.29, 1.82) is 0 Å². The van der Waals surface area contributed by atoms with Crippen molar-refractivity contribution >= 4 is 10.0 Å². The molecule has 2 N–H and O–H groups in total. The highest BCUT2D eigenvalue weighted by molar-refractivity contribution is 7.88. The van der Waals surface area contributed by atoms with Crippen LogP contribution in [0.5, 0.6) is 0 Å². The lowest BCUT2D eigenvalue weighted by atomic mass is 9.69. The van der Waals surface area contributed by atoms with Crippen LogP contribution in [0.3, 0.4) is 0 Å². The third kappa shape index (κ3) is 4.67. The van der Waals surface area contributed by atoms with E-state index in [-0.39, 0.29) is 0 Å². The van der Waals surface area contributed by atoms with Gasteiger partial charge in [0.2, 0.25) is 10.0 Å². The molecule has 1 heterocycles. The summed E-state index contributed by atoms with van der Waals surface area (Å²) in [5.74, 6) is 2.75. The Morgan fingerprint density at radius 2 is 1.90 bits per heavy atom. The number of rotatable bonds is 5. The molecule has 1 aliphatic carbocycles. The molecule has 1 saturated heterocycles. The van der Waals surface area contributed by atoms with Crippen LogP contribution in [0.25, 0.3) is 0 Å². The highest BCUT2D eigenvalue weighted by Gasteiger charge is 2.33. The van der Waals surface area contributed by atoms with Gasteiger partial charge in [0.1, 0.15) is 0 Å². The zero-order valence-electron chi connectivity index (χ0n) is 13.6. The molecule has 0 radical (unpaired) electrons. The summed E-state index contributed by atoms with van der Waals surface area (Å²) < 4.78 is 25.2. The highest BCUT2D eigenvalue weighted by Crippen LogP contribution is 2.39. The molecule has 2 fully saturated rings. The Labute approximate surface area is 130 Å². The van der Waals surface area contributed by atoms with Crippen molar-refractivity contribution in [1.82, 2.24) is 4.31 Å². The van der Waals surface area contributed by atoms with Gasteiger partial charge in [-0.05, 0) is 62.3 Å². The van der Waals surface area contributed by atoms with E-state index in [1.54, 1.807) is 4.31 Å². The predicted molar refractivity (Wildman–Crippen MR) is 87.4 cm³/mol. The standard InChI is InChI=1S/C16H32N2O2S/c1-3-13-6-7-15(11-17)16(9-13)10-14-5-4-8-18(12-14)21(2,19)20/h13-16H,3-12,17H2,1-2H3. The molecule has 124 valence electrons. The molecule has 0 aromatic rings. The van der Waals surface area contributed by atoms with Gasteiger partial charge < -0.3 is 5.73 Å². The van der Waals surface area contributed by atoms with Crippen LogP contribution in [0, 0.1) is 23.7 Å². The summed E-state index contributed by atoms with van der Waals surface area (Å²) in [5.41, 5.74) is 5.98. The van der Waals surface area contributed by atoms with Gasteiger partial charge in [-0.25, -0.2) is 12.7 Å². The van der Waals surface area contributed by atoms with Crippen molar-refractivity contribution in [3.8, 4) is 0 Å². The van der Waals surface area contributed by atoms with E-state index in [9.17, 15) is 8.42 Å². The van der Waals surface area contributed by atoms with Gasteiger partial charge in [-0.1, -0.05) is 19.8 Å². The second-order valence-corrected chi connectivity index (χ2v) is 9.19. The molecule has 21 heavy (non-hydrogen) atoms. The Morgan fingerprint density at radius 1 is 1.14 bits per heavy atom. The van der Waals surface area contributed by atoms with E-state index in [2.05, 4.69) is 6.92 Å². The predicted octanol–water partition coefficient (Wildman–Crippen LogP) is 2.45. The normalized spacial score (nSPS) is 35.8. The maximum atomic E-state index is 11.7. The third-order valence-corrected chi connectivity index (χ3v) is 6.99. The smallest absolute Gasteiger partial charge is 0.211 e. The van der Waals surface area contributed by atoms with Crippen molar-refractivity contribution in [2.24, 2.45) is 29.4 Å². The molecule has 2 aliphatic rings. The molecule has 0 aromatic carbocycles. The number of sulfonamides is 1.